The van der Waals surface area contributed by atoms with Gasteiger partial charge in [0.25, 0.3) is 0 Å². The molecular weight excluding hydrogens is 162 g/mol. The summed E-state index contributed by atoms with van der Waals surface area (Å²) in [6.07, 6.45) is 5.75. The molecule has 0 unspecified atom stereocenters. The summed E-state index contributed by atoms with van der Waals surface area (Å²) in [5, 5.41) is 3.35. The van der Waals surface area contributed by atoms with Crippen LogP contribution in [0.5, 0.6) is 0 Å². The number of hydrogen-bond acceptors (Lipinski definition) is 2. The first-order valence-corrected chi connectivity index (χ1v) is 4.45. The van der Waals surface area contributed by atoms with Gasteiger partial charge in [0.2, 0.25) is 0 Å². The Morgan fingerprint density at radius 1 is 1.38 bits per heavy atom. The third kappa shape index (κ3) is 1.49. The maximum atomic E-state index is 4.27. The van der Waals surface area contributed by atoms with Gasteiger partial charge >= 0.3 is 0 Å². The normalized spacial score (nSPS) is 11.0. The van der Waals surface area contributed by atoms with Gasteiger partial charge in [0.15, 0.2) is 5.65 Å². The minimum absolute atomic E-state index is 0.433. The highest BCUT2D eigenvalue weighted by Gasteiger charge is 2.01. The van der Waals surface area contributed by atoms with Crippen molar-refractivity contribution in [2.24, 2.45) is 0 Å². The fraction of sp³-hybridized carbons (Fsp3) is 0.300. The van der Waals surface area contributed by atoms with E-state index in [2.05, 4.69) is 24.1 Å². The van der Waals surface area contributed by atoms with Gasteiger partial charge < -0.3 is 9.72 Å². The first-order chi connectivity index (χ1) is 6.27. The quantitative estimate of drug-likeness (QED) is 0.757. The maximum Gasteiger partial charge on any atom is 0.160 e. The van der Waals surface area contributed by atoms with E-state index in [1.165, 1.54) is 0 Å². The molecule has 2 heterocycles. The summed E-state index contributed by atoms with van der Waals surface area (Å²) in [5.41, 5.74) is 2.07. The standard InChI is InChI=1S/C10H13N3/c1-8(2)12-9-4-3-6-13-7-5-11-10(9)13/h3-8,12H,1-2H3. The van der Waals surface area contributed by atoms with E-state index >= 15 is 0 Å². The minimum Gasteiger partial charge on any atom is -0.380 e. The second kappa shape index (κ2) is 3.09. The van der Waals surface area contributed by atoms with E-state index in [0.717, 1.165) is 11.3 Å². The van der Waals surface area contributed by atoms with Gasteiger partial charge in [-0.3, -0.25) is 0 Å². The van der Waals surface area contributed by atoms with Gasteiger partial charge in [0.05, 0.1) is 5.69 Å². The van der Waals surface area contributed by atoms with Crippen molar-refractivity contribution in [2.45, 2.75) is 19.9 Å². The van der Waals surface area contributed by atoms with Crippen LogP contribution in [-0.4, -0.2) is 15.4 Å². The summed E-state index contributed by atoms with van der Waals surface area (Å²) in [4.78, 5) is 4.27. The van der Waals surface area contributed by atoms with Gasteiger partial charge in [-0.2, -0.15) is 0 Å². The number of imidazole rings is 1. The van der Waals surface area contributed by atoms with Crippen LogP contribution in [0.15, 0.2) is 30.7 Å². The Labute approximate surface area is 77.4 Å². The molecule has 2 rings (SSSR count). The van der Waals surface area contributed by atoms with E-state index in [-0.39, 0.29) is 0 Å². The van der Waals surface area contributed by atoms with Gasteiger partial charge in [-0.25, -0.2) is 4.98 Å². The van der Waals surface area contributed by atoms with Crippen LogP contribution >= 0.6 is 0 Å². The smallest absolute Gasteiger partial charge is 0.160 e. The van der Waals surface area contributed by atoms with Gasteiger partial charge in [0, 0.05) is 24.6 Å². The molecule has 3 heteroatoms. The summed E-state index contributed by atoms with van der Waals surface area (Å²) in [5.74, 6) is 0. The molecule has 0 atom stereocenters. The molecule has 0 amide bonds. The zero-order chi connectivity index (χ0) is 9.26. The monoisotopic (exact) mass is 175 g/mol. The summed E-state index contributed by atoms with van der Waals surface area (Å²) < 4.78 is 2.00. The van der Waals surface area contributed by atoms with E-state index in [1.54, 1.807) is 6.20 Å². The van der Waals surface area contributed by atoms with Crippen molar-refractivity contribution in [1.82, 2.24) is 9.38 Å². The molecule has 68 valence electrons. The first-order valence-electron chi connectivity index (χ1n) is 4.45. The van der Waals surface area contributed by atoms with Crippen molar-refractivity contribution in [3.63, 3.8) is 0 Å². The molecule has 2 aromatic heterocycles. The van der Waals surface area contributed by atoms with E-state index < -0.39 is 0 Å². The average molecular weight is 175 g/mol. The number of pyridine rings is 1. The van der Waals surface area contributed by atoms with Crippen LogP contribution in [0.2, 0.25) is 0 Å². The van der Waals surface area contributed by atoms with E-state index in [9.17, 15) is 0 Å². The highest BCUT2D eigenvalue weighted by molar-refractivity contribution is 5.67. The highest BCUT2D eigenvalue weighted by atomic mass is 15.0. The van der Waals surface area contributed by atoms with Crippen LogP contribution in [0.25, 0.3) is 5.65 Å². The number of rotatable bonds is 2. The van der Waals surface area contributed by atoms with Crippen LogP contribution in [0.3, 0.4) is 0 Å². The lowest BCUT2D eigenvalue weighted by atomic mass is 10.3. The molecule has 1 N–H and O–H groups in total. The first kappa shape index (κ1) is 8.10. The Morgan fingerprint density at radius 2 is 2.23 bits per heavy atom. The molecule has 2 aromatic rings. The number of hydrogen-bond donors (Lipinski definition) is 1. The number of aromatic nitrogens is 2. The molecule has 13 heavy (non-hydrogen) atoms. The summed E-state index contributed by atoms with van der Waals surface area (Å²) in [6, 6.07) is 4.49. The van der Waals surface area contributed by atoms with Gasteiger partial charge in [-0.1, -0.05) is 0 Å². The predicted molar refractivity (Wildman–Crippen MR) is 54.0 cm³/mol. The van der Waals surface area contributed by atoms with Gasteiger partial charge in [-0.05, 0) is 26.0 Å². The minimum atomic E-state index is 0.433. The molecule has 0 spiro atoms. The number of nitrogens with zero attached hydrogens (tertiary/aromatic N) is 2. The summed E-state index contributed by atoms with van der Waals surface area (Å²) in [6.45, 7) is 4.24. The number of nitrogens with one attached hydrogen (secondary N) is 1. The van der Waals surface area contributed by atoms with Crippen molar-refractivity contribution < 1.29 is 0 Å². The molecule has 0 fully saturated rings. The maximum absolute atomic E-state index is 4.27. The Hall–Kier alpha value is -1.51. The lowest BCUT2D eigenvalue weighted by Gasteiger charge is -2.10. The molecule has 0 saturated heterocycles. The Bertz CT molecular complexity index is 403. The number of anilines is 1. The van der Waals surface area contributed by atoms with Crippen molar-refractivity contribution >= 4 is 11.3 Å². The third-order valence-corrected chi connectivity index (χ3v) is 1.86. The van der Waals surface area contributed by atoms with Crippen molar-refractivity contribution in [3.8, 4) is 0 Å². The molecule has 0 bridgehead atoms. The Balaban J connectivity index is 2.48. The molecule has 0 radical (unpaired) electrons. The zero-order valence-electron chi connectivity index (χ0n) is 7.86. The summed E-state index contributed by atoms with van der Waals surface area (Å²) >= 11 is 0. The van der Waals surface area contributed by atoms with Crippen LogP contribution in [0.4, 0.5) is 5.69 Å². The Morgan fingerprint density at radius 3 is 3.00 bits per heavy atom. The molecule has 0 aromatic carbocycles. The molecule has 0 aliphatic heterocycles. The fourth-order valence-corrected chi connectivity index (χ4v) is 1.37. The van der Waals surface area contributed by atoms with Crippen LogP contribution < -0.4 is 5.32 Å². The topological polar surface area (TPSA) is 29.3 Å². The molecule has 0 saturated carbocycles. The van der Waals surface area contributed by atoms with Crippen LogP contribution in [0.1, 0.15) is 13.8 Å². The van der Waals surface area contributed by atoms with E-state index in [1.807, 2.05) is 28.9 Å². The second-order valence-corrected chi connectivity index (χ2v) is 3.38. The zero-order valence-corrected chi connectivity index (χ0v) is 7.86. The van der Waals surface area contributed by atoms with Crippen LogP contribution in [0, 0.1) is 0 Å². The predicted octanol–water partition coefficient (Wildman–Crippen LogP) is 2.15. The van der Waals surface area contributed by atoms with Crippen molar-refractivity contribution in [1.29, 1.82) is 0 Å². The summed E-state index contributed by atoms with van der Waals surface area (Å²) in [7, 11) is 0. The Kier molecular flexibility index (Phi) is 1.93. The van der Waals surface area contributed by atoms with Crippen molar-refractivity contribution in [3.05, 3.63) is 30.7 Å². The lowest BCUT2D eigenvalue weighted by molar-refractivity contribution is 0.898. The van der Waals surface area contributed by atoms with E-state index in [0.29, 0.717) is 6.04 Å². The second-order valence-electron chi connectivity index (χ2n) is 3.38. The molecule has 3 nitrogen and oxygen atoms in total. The SMILES string of the molecule is CC(C)Nc1cccn2ccnc12. The van der Waals surface area contributed by atoms with Crippen molar-refractivity contribution in [2.75, 3.05) is 5.32 Å². The van der Waals surface area contributed by atoms with Gasteiger partial charge in [-0.15, -0.1) is 0 Å². The lowest BCUT2D eigenvalue weighted by Crippen LogP contribution is -2.10. The molecular formula is C10H13N3. The molecule has 0 aliphatic carbocycles. The molecule has 0 aliphatic rings. The number of fused-ring (bicyclic) bond motifs is 1. The highest BCUT2D eigenvalue weighted by Crippen LogP contribution is 2.14. The van der Waals surface area contributed by atoms with Crippen LogP contribution in [-0.2, 0) is 0 Å². The third-order valence-electron chi connectivity index (χ3n) is 1.86. The fourth-order valence-electron chi connectivity index (χ4n) is 1.37. The average Bonchev–Trinajstić information content (AvgIpc) is 2.51. The van der Waals surface area contributed by atoms with E-state index in [4.69, 9.17) is 0 Å². The van der Waals surface area contributed by atoms with Gasteiger partial charge in [0.1, 0.15) is 0 Å². The largest absolute Gasteiger partial charge is 0.380 e.